The predicted molar refractivity (Wildman–Crippen MR) is 127 cm³/mol. The SMILES string of the molecule is CCOc1ccc(C(C)NC(=NC)NCc2ccc(C#N)cc2F)cc1OCC.I. The first-order valence-corrected chi connectivity index (χ1v) is 9.57. The number of rotatable bonds is 8. The van der Waals surface area contributed by atoms with Crippen LogP contribution in [0, 0.1) is 17.1 Å². The fourth-order valence-electron chi connectivity index (χ4n) is 2.76. The Morgan fingerprint density at radius 2 is 1.83 bits per heavy atom. The fraction of sp³-hybridized carbons (Fsp3) is 0.364. The van der Waals surface area contributed by atoms with Crippen molar-refractivity contribution in [3.05, 3.63) is 58.9 Å². The van der Waals surface area contributed by atoms with Gasteiger partial charge in [-0.15, -0.1) is 24.0 Å². The molecule has 30 heavy (non-hydrogen) atoms. The molecule has 0 fully saturated rings. The Kier molecular flexibility index (Phi) is 11.0. The van der Waals surface area contributed by atoms with Gasteiger partial charge in [0.25, 0.3) is 0 Å². The smallest absolute Gasteiger partial charge is 0.191 e. The summed E-state index contributed by atoms with van der Waals surface area (Å²) in [5, 5.41) is 15.2. The van der Waals surface area contributed by atoms with Crippen molar-refractivity contribution in [2.75, 3.05) is 20.3 Å². The fourth-order valence-corrected chi connectivity index (χ4v) is 2.76. The molecular formula is C22H28FIN4O2. The van der Waals surface area contributed by atoms with E-state index in [-0.39, 0.29) is 36.6 Å². The summed E-state index contributed by atoms with van der Waals surface area (Å²) in [7, 11) is 1.65. The van der Waals surface area contributed by atoms with Crippen molar-refractivity contribution in [1.29, 1.82) is 5.26 Å². The van der Waals surface area contributed by atoms with E-state index in [9.17, 15) is 4.39 Å². The van der Waals surface area contributed by atoms with Crippen molar-refractivity contribution in [1.82, 2.24) is 10.6 Å². The zero-order valence-electron chi connectivity index (χ0n) is 17.7. The summed E-state index contributed by atoms with van der Waals surface area (Å²) in [6.07, 6.45) is 0. The number of hydrogen-bond acceptors (Lipinski definition) is 4. The average Bonchev–Trinajstić information content (AvgIpc) is 2.73. The zero-order valence-corrected chi connectivity index (χ0v) is 20.0. The number of aliphatic imine (C=N–C) groups is 1. The third kappa shape index (κ3) is 7.06. The molecule has 0 aliphatic rings. The molecule has 6 nitrogen and oxygen atoms in total. The summed E-state index contributed by atoms with van der Waals surface area (Å²) in [4.78, 5) is 4.20. The van der Waals surface area contributed by atoms with Gasteiger partial charge >= 0.3 is 0 Å². The van der Waals surface area contributed by atoms with Gasteiger partial charge in [0.05, 0.1) is 30.9 Å². The molecule has 0 amide bonds. The second-order valence-electron chi connectivity index (χ2n) is 6.28. The normalized spacial score (nSPS) is 11.7. The molecule has 2 N–H and O–H groups in total. The van der Waals surface area contributed by atoms with Gasteiger partial charge in [-0.25, -0.2) is 4.39 Å². The molecule has 0 aromatic heterocycles. The number of guanidine groups is 1. The van der Waals surface area contributed by atoms with Crippen molar-refractivity contribution in [3.63, 3.8) is 0 Å². The van der Waals surface area contributed by atoms with Crippen LogP contribution in [0.15, 0.2) is 41.4 Å². The van der Waals surface area contributed by atoms with Crippen LogP contribution < -0.4 is 20.1 Å². The van der Waals surface area contributed by atoms with Crippen LogP contribution >= 0.6 is 24.0 Å². The Balaban J connectivity index is 0.00000450. The number of ether oxygens (including phenoxy) is 2. The molecule has 162 valence electrons. The van der Waals surface area contributed by atoms with E-state index in [4.69, 9.17) is 14.7 Å². The van der Waals surface area contributed by atoms with Crippen LogP contribution in [0.2, 0.25) is 0 Å². The van der Waals surface area contributed by atoms with Gasteiger partial charge in [0.2, 0.25) is 0 Å². The number of halogens is 2. The van der Waals surface area contributed by atoms with Crippen molar-refractivity contribution in [2.45, 2.75) is 33.4 Å². The van der Waals surface area contributed by atoms with Crippen LogP contribution in [0.3, 0.4) is 0 Å². The molecule has 2 rings (SSSR count). The largest absolute Gasteiger partial charge is 0.490 e. The van der Waals surface area contributed by atoms with E-state index < -0.39 is 5.82 Å². The van der Waals surface area contributed by atoms with Crippen LogP contribution in [-0.2, 0) is 6.54 Å². The van der Waals surface area contributed by atoms with Crippen molar-refractivity contribution < 1.29 is 13.9 Å². The van der Waals surface area contributed by atoms with Crippen LogP contribution in [-0.4, -0.2) is 26.2 Å². The lowest BCUT2D eigenvalue weighted by atomic mass is 10.1. The van der Waals surface area contributed by atoms with E-state index >= 15 is 0 Å². The van der Waals surface area contributed by atoms with Gasteiger partial charge < -0.3 is 20.1 Å². The molecule has 2 aromatic carbocycles. The Hall–Kier alpha value is -2.54. The Labute approximate surface area is 194 Å². The molecule has 0 radical (unpaired) electrons. The highest BCUT2D eigenvalue weighted by atomic mass is 127. The van der Waals surface area contributed by atoms with Gasteiger partial charge in [-0.05, 0) is 50.6 Å². The first kappa shape index (κ1) is 25.5. The molecule has 0 aliphatic heterocycles. The molecule has 0 saturated carbocycles. The Morgan fingerprint density at radius 3 is 2.43 bits per heavy atom. The van der Waals surface area contributed by atoms with E-state index in [0.29, 0.717) is 41.8 Å². The Bertz CT molecular complexity index is 899. The van der Waals surface area contributed by atoms with Gasteiger partial charge in [-0.3, -0.25) is 4.99 Å². The predicted octanol–water partition coefficient (Wildman–Crippen LogP) is 4.54. The van der Waals surface area contributed by atoms with E-state index in [1.807, 2.05) is 45.0 Å². The van der Waals surface area contributed by atoms with Gasteiger partial charge in [0.15, 0.2) is 17.5 Å². The maximum Gasteiger partial charge on any atom is 0.191 e. The van der Waals surface area contributed by atoms with Gasteiger partial charge in [-0.2, -0.15) is 5.26 Å². The molecule has 8 heteroatoms. The maximum atomic E-state index is 14.1. The average molecular weight is 526 g/mol. The molecule has 0 saturated heterocycles. The second-order valence-corrected chi connectivity index (χ2v) is 6.28. The monoisotopic (exact) mass is 526 g/mol. The van der Waals surface area contributed by atoms with Crippen LogP contribution in [0.5, 0.6) is 11.5 Å². The molecule has 1 atom stereocenters. The van der Waals surface area contributed by atoms with Gasteiger partial charge in [-0.1, -0.05) is 12.1 Å². The van der Waals surface area contributed by atoms with E-state index in [2.05, 4.69) is 15.6 Å². The second kappa shape index (κ2) is 12.9. The first-order chi connectivity index (χ1) is 14.0. The topological polar surface area (TPSA) is 78.7 Å². The highest BCUT2D eigenvalue weighted by Gasteiger charge is 2.13. The van der Waals surface area contributed by atoms with Gasteiger partial charge in [0.1, 0.15) is 5.82 Å². The molecule has 2 aromatic rings. The molecule has 0 bridgehead atoms. The minimum Gasteiger partial charge on any atom is -0.490 e. The number of hydrogen-bond donors (Lipinski definition) is 2. The maximum absolute atomic E-state index is 14.1. The third-order valence-corrected chi connectivity index (χ3v) is 4.27. The molecule has 0 heterocycles. The standard InChI is InChI=1S/C22H27FN4O2.HI/c1-5-28-20-10-9-17(12-21(20)29-6-2)15(3)27-22(25-4)26-14-18-8-7-16(13-24)11-19(18)23;/h7-12,15H,5-6,14H2,1-4H3,(H2,25,26,27);1H. The summed E-state index contributed by atoms with van der Waals surface area (Å²) < 4.78 is 25.3. The summed E-state index contributed by atoms with van der Waals surface area (Å²) in [5.41, 5.74) is 1.76. The van der Waals surface area contributed by atoms with E-state index in [1.165, 1.54) is 6.07 Å². The van der Waals surface area contributed by atoms with Crippen LogP contribution in [0.1, 0.15) is 43.5 Å². The highest BCUT2D eigenvalue weighted by molar-refractivity contribution is 14.0. The number of nitrogens with one attached hydrogen (secondary N) is 2. The summed E-state index contributed by atoms with van der Waals surface area (Å²) >= 11 is 0. The zero-order chi connectivity index (χ0) is 21.2. The minimum atomic E-state index is -0.423. The first-order valence-electron chi connectivity index (χ1n) is 9.57. The summed E-state index contributed by atoms with van der Waals surface area (Å²) in [6.45, 7) is 7.22. The molecule has 1 unspecified atom stereocenters. The quantitative estimate of drug-likeness (QED) is 0.300. The third-order valence-electron chi connectivity index (χ3n) is 4.27. The van der Waals surface area contributed by atoms with E-state index in [0.717, 1.165) is 5.56 Å². The number of benzene rings is 2. The lowest BCUT2D eigenvalue weighted by Crippen LogP contribution is -2.38. The van der Waals surface area contributed by atoms with Gasteiger partial charge in [0, 0.05) is 19.2 Å². The molecule has 0 aliphatic carbocycles. The van der Waals surface area contributed by atoms with Crippen molar-refractivity contribution in [2.24, 2.45) is 4.99 Å². The number of nitrogens with zero attached hydrogens (tertiary/aromatic N) is 2. The Morgan fingerprint density at radius 1 is 1.13 bits per heavy atom. The van der Waals surface area contributed by atoms with Crippen LogP contribution in [0.25, 0.3) is 0 Å². The highest BCUT2D eigenvalue weighted by Crippen LogP contribution is 2.30. The summed E-state index contributed by atoms with van der Waals surface area (Å²) in [6, 6.07) is 12.1. The summed E-state index contributed by atoms with van der Waals surface area (Å²) in [5.74, 6) is 1.52. The molecular weight excluding hydrogens is 498 g/mol. The lowest BCUT2D eigenvalue weighted by molar-refractivity contribution is 0.287. The van der Waals surface area contributed by atoms with E-state index in [1.54, 1.807) is 19.2 Å². The minimum absolute atomic E-state index is 0. The van der Waals surface area contributed by atoms with Crippen LogP contribution in [0.4, 0.5) is 4.39 Å². The number of nitriles is 1. The lowest BCUT2D eigenvalue weighted by Gasteiger charge is -2.20. The van der Waals surface area contributed by atoms with Crippen molar-refractivity contribution >= 4 is 29.9 Å². The van der Waals surface area contributed by atoms with Crippen molar-refractivity contribution in [3.8, 4) is 17.6 Å². The molecule has 0 spiro atoms.